The van der Waals surface area contributed by atoms with E-state index in [4.69, 9.17) is 11.6 Å². The topological polar surface area (TPSA) is 114 Å². The van der Waals surface area contributed by atoms with E-state index >= 15 is 0 Å². The zero-order valence-corrected chi connectivity index (χ0v) is 22.2. The molecule has 0 bridgehead atoms. The molecule has 6 rings (SSSR count). The molecule has 2 fully saturated rings. The van der Waals surface area contributed by atoms with Gasteiger partial charge in [-0.2, -0.15) is 0 Å². The molecule has 9 nitrogen and oxygen atoms in total. The van der Waals surface area contributed by atoms with Gasteiger partial charge in [0.1, 0.15) is 16.1 Å². The third-order valence-electron chi connectivity index (χ3n) is 6.94. The highest BCUT2D eigenvalue weighted by atomic mass is 35.5. The Balaban J connectivity index is 1.26. The maximum Gasteiger partial charge on any atom is 0.288 e. The Kier molecular flexibility index (Phi) is 6.16. The first-order valence-electron chi connectivity index (χ1n) is 12.3. The highest BCUT2D eigenvalue weighted by Gasteiger charge is 2.49. The standard InChI is InChI=1S/C28H21ClN4O5S/c1-15-2-11-21-24(12-15)39-26(30-21)16-3-6-19(7-4-16)32-25(34)14-23(28(32)36)31(18-8-9-18)27(35)17-5-10-20(29)22(13-17)33(37)38/h2-7,10-13,18,23H,8-9,14H2,1H3. The quantitative estimate of drug-likeness (QED) is 0.168. The number of carbonyl (C=O) groups excluding carboxylic acids is 3. The van der Waals surface area contributed by atoms with Gasteiger partial charge in [-0.1, -0.05) is 17.7 Å². The Hall–Kier alpha value is -4.15. The molecule has 1 saturated heterocycles. The van der Waals surface area contributed by atoms with Crippen molar-refractivity contribution < 1.29 is 19.3 Å². The molecule has 3 amide bonds. The number of anilines is 1. The van der Waals surface area contributed by atoms with Gasteiger partial charge >= 0.3 is 0 Å². The van der Waals surface area contributed by atoms with Crippen LogP contribution in [0.15, 0.2) is 60.7 Å². The van der Waals surface area contributed by atoms with E-state index in [9.17, 15) is 24.5 Å². The average Bonchev–Trinajstić information content (AvgIpc) is 3.59. The van der Waals surface area contributed by atoms with Crippen LogP contribution >= 0.6 is 22.9 Å². The van der Waals surface area contributed by atoms with Gasteiger partial charge in [-0.15, -0.1) is 11.3 Å². The molecule has 4 aromatic rings. The van der Waals surface area contributed by atoms with E-state index in [0.717, 1.165) is 37.3 Å². The number of thiazole rings is 1. The first kappa shape index (κ1) is 25.1. The van der Waals surface area contributed by atoms with Crippen LogP contribution in [0.2, 0.25) is 5.02 Å². The predicted molar refractivity (Wildman–Crippen MR) is 148 cm³/mol. The van der Waals surface area contributed by atoms with Crippen LogP contribution in [0.3, 0.4) is 0 Å². The fourth-order valence-electron chi connectivity index (χ4n) is 4.86. The second kappa shape index (κ2) is 9.55. The molecule has 0 radical (unpaired) electrons. The summed E-state index contributed by atoms with van der Waals surface area (Å²) >= 11 is 7.48. The number of nitrogens with zero attached hydrogens (tertiary/aromatic N) is 4. The second-order valence-electron chi connectivity index (χ2n) is 9.69. The number of nitro groups is 1. The lowest BCUT2D eigenvalue weighted by molar-refractivity contribution is -0.384. The molecule has 39 heavy (non-hydrogen) atoms. The minimum atomic E-state index is -0.987. The van der Waals surface area contributed by atoms with Crippen LogP contribution in [0.25, 0.3) is 20.8 Å². The SMILES string of the molecule is Cc1ccc2nc(-c3ccc(N4C(=O)CC(N(C(=O)c5ccc(Cl)c([N+](=O)[O-])c5)C5CC5)C4=O)cc3)sc2c1. The third-order valence-corrected chi connectivity index (χ3v) is 8.33. The smallest absolute Gasteiger partial charge is 0.288 e. The Morgan fingerprint density at radius 2 is 1.85 bits per heavy atom. The fraction of sp³-hybridized carbons (Fsp3) is 0.214. The van der Waals surface area contributed by atoms with Crippen LogP contribution < -0.4 is 4.90 Å². The number of imide groups is 1. The van der Waals surface area contributed by atoms with E-state index in [1.807, 2.05) is 31.2 Å². The molecular formula is C28H21ClN4O5S. The summed E-state index contributed by atoms with van der Waals surface area (Å²) in [6.45, 7) is 2.03. The van der Waals surface area contributed by atoms with Gasteiger partial charge in [0.2, 0.25) is 5.91 Å². The van der Waals surface area contributed by atoms with Gasteiger partial charge in [-0.3, -0.25) is 24.5 Å². The van der Waals surface area contributed by atoms with Crippen LogP contribution in [0.5, 0.6) is 0 Å². The Bertz CT molecular complexity index is 1680. The maximum absolute atomic E-state index is 13.5. The number of nitro benzene ring substituents is 1. The Morgan fingerprint density at radius 1 is 1.10 bits per heavy atom. The molecule has 11 heteroatoms. The van der Waals surface area contributed by atoms with Crippen LogP contribution in [-0.2, 0) is 9.59 Å². The lowest BCUT2D eigenvalue weighted by Gasteiger charge is -2.27. The van der Waals surface area contributed by atoms with Crippen molar-refractivity contribution in [2.24, 2.45) is 0 Å². The van der Waals surface area contributed by atoms with Crippen LogP contribution in [0.4, 0.5) is 11.4 Å². The van der Waals surface area contributed by atoms with Crippen molar-refractivity contribution in [3.63, 3.8) is 0 Å². The van der Waals surface area contributed by atoms with Crippen LogP contribution in [0.1, 0.15) is 35.2 Å². The lowest BCUT2D eigenvalue weighted by Crippen LogP contribution is -2.46. The molecule has 1 aliphatic heterocycles. The number of halogens is 1. The molecule has 3 aromatic carbocycles. The van der Waals surface area contributed by atoms with Gasteiger partial charge in [-0.25, -0.2) is 9.88 Å². The van der Waals surface area contributed by atoms with Gasteiger partial charge in [0.15, 0.2) is 0 Å². The molecule has 0 N–H and O–H groups in total. The minimum Gasteiger partial charge on any atom is -0.323 e. The van der Waals surface area contributed by atoms with Crippen molar-refractivity contribution in [1.82, 2.24) is 9.88 Å². The van der Waals surface area contributed by atoms with Crippen molar-refractivity contribution >= 4 is 62.3 Å². The number of fused-ring (bicyclic) bond motifs is 1. The van der Waals surface area contributed by atoms with E-state index in [0.29, 0.717) is 18.5 Å². The van der Waals surface area contributed by atoms with Crippen LogP contribution in [-0.4, -0.2) is 44.6 Å². The summed E-state index contributed by atoms with van der Waals surface area (Å²) in [7, 11) is 0. The number of carbonyl (C=O) groups is 3. The number of aryl methyl sites for hydroxylation is 1. The molecule has 1 saturated carbocycles. The van der Waals surface area contributed by atoms with Crippen molar-refractivity contribution in [2.75, 3.05) is 4.90 Å². The molecule has 196 valence electrons. The molecule has 1 atom stereocenters. The van der Waals surface area contributed by atoms with Crippen molar-refractivity contribution in [3.05, 3.63) is 86.9 Å². The number of aromatic nitrogens is 1. The summed E-state index contributed by atoms with van der Waals surface area (Å²) < 4.78 is 1.08. The average molecular weight is 561 g/mol. The van der Waals surface area contributed by atoms with E-state index in [-0.39, 0.29) is 23.0 Å². The van der Waals surface area contributed by atoms with Crippen molar-refractivity contribution in [3.8, 4) is 10.6 Å². The van der Waals surface area contributed by atoms with Gasteiger partial charge in [-0.05, 0) is 73.9 Å². The maximum atomic E-state index is 13.5. The Morgan fingerprint density at radius 3 is 2.54 bits per heavy atom. The van der Waals surface area contributed by atoms with Gasteiger partial charge in [0.05, 0.1) is 27.2 Å². The molecule has 0 spiro atoms. The molecule has 2 heterocycles. The molecular weight excluding hydrogens is 540 g/mol. The zero-order valence-electron chi connectivity index (χ0n) is 20.7. The number of hydrogen-bond acceptors (Lipinski definition) is 7. The monoisotopic (exact) mass is 560 g/mol. The number of amides is 3. The highest BCUT2D eigenvalue weighted by molar-refractivity contribution is 7.21. The van der Waals surface area contributed by atoms with Crippen molar-refractivity contribution in [2.45, 2.75) is 38.3 Å². The normalized spacial score (nSPS) is 17.2. The fourth-order valence-corrected chi connectivity index (χ4v) is 6.12. The predicted octanol–water partition coefficient (Wildman–Crippen LogP) is 5.77. The zero-order chi connectivity index (χ0) is 27.4. The number of hydrogen-bond donors (Lipinski definition) is 0. The summed E-state index contributed by atoms with van der Waals surface area (Å²) in [6.07, 6.45) is 1.22. The molecule has 1 aromatic heterocycles. The van der Waals surface area contributed by atoms with Crippen LogP contribution in [0, 0.1) is 17.0 Å². The summed E-state index contributed by atoms with van der Waals surface area (Å²) in [5.41, 5.74) is 3.00. The third kappa shape index (κ3) is 4.55. The van der Waals surface area contributed by atoms with E-state index < -0.39 is 34.4 Å². The van der Waals surface area contributed by atoms with Gasteiger partial charge < -0.3 is 4.90 Å². The molecule has 1 unspecified atom stereocenters. The van der Waals surface area contributed by atoms with Crippen molar-refractivity contribution in [1.29, 1.82) is 0 Å². The van der Waals surface area contributed by atoms with E-state index in [2.05, 4.69) is 11.1 Å². The van der Waals surface area contributed by atoms with E-state index in [1.54, 1.807) is 23.5 Å². The largest absolute Gasteiger partial charge is 0.323 e. The number of benzene rings is 3. The second-order valence-corrected chi connectivity index (χ2v) is 11.1. The Labute approximate surface area is 231 Å². The van der Waals surface area contributed by atoms with Gasteiger partial charge in [0.25, 0.3) is 17.5 Å². The number of rotatable bonds is 6. The molecule has 2 aliphatic rings. The minimum absolute atomic E-state index is 0.0482. The summed E-state index contributed by atoms with van der Waals surface area (Å²) in [4.78, 5) is 57.9. The summed E-state index contributed by atoms with van der Waals surface area (Å²) in [6, 6.07) is 15.7. The van der Waals surface area contributed by atoms with E-state index in [1.165, 1.54) is 17.0 Å². The lowest BCUT2D eigenvalue weighted by atomic mass is 10.1. The molecule has 1 aliphatic carbocycles. The summed E-state index contributed by atoms with van der Waals surface area (Å²) in [5, 5.41) is 12.1. The first-order chi connectivity index (χ1) is 18.7. The highest BCUT2D eigenvalue weighted by Crippen LogP contribution is 2.37. The summed E-state index contributed by atoms with van der Waals surface area (Å²) in [5.74, 6) is -1.44. The van der Waals surface area contributed by atoms with Gasteiger partial charge in [0, 0.05) is 23.2 Å². The first-order valence-corrected chi connectivity index (χ1v) is 13.5.